The number of carboxylic acid groups (broad SMARTS) is 1. The van der Waals surface area contributed by atoms with Gasteiger partial charge in [0.05, 0.1) is 12.2 Å². The summed E-state index contributed by atoms with van der Waals surface area (Å²) in [5.41, 5.74) is 5.17. The Morgan fingerprint density at radius 1 is 0.939 bits per heavy atom. The molecule has 9 unspecified atom stereocenters. The first-order chi connectivity index (χ1) is 31.4. The first-order valence-electron chi connectivity index (χ1n) is 26.2. The third-order valence-electron chi connectivity index (χ3n) is 21.6. The van der Waals surface area contributed by atoms with Gasteiger partial charge in [-0.1, -0.05) is 51.3 Å². The van der Waals surface area contributed by atoms with Crippen LogP contribution >= 0.6 is 0 Å². The molecular formula is C57H78N2O7. The molecule has 0 aliphatic heterocycles. The Labute approximate surface area is 394 Å². The molecule has 9 aliphatic carbocycles. The average molecular weight is 903 g/mol. The lowest BCUT2D eigenvalue weighted by Crippen LogP contribution is -2.63. The van der Waals surface area contributed by atoms with Crippen LogP contribution in [0.5, 0.6) is 0 Å². The highest BCUT2D eigenvalue weighted by atomic mass is 16.4. The Morgan fingerprint density at radius 2 is 1.71 bits per heavy atom. The normalized spacial score (nSPS) is 44.4. The lowest BCUT2D eigenvalue weighted by Gasteiger charge is -2.63. The summed E-state index contributed by atoms with van der Waals surface area (Å²) in [4.78, 5) is 39.8. The second-order valence-electron chi connectivity index (χ2n) is 24.3. The number of hydrogen-bond acceptors (Lipinski definition) is 7. The van der Waals surface area contributed by atoms with Gasteiger partial charge in [-0.15, -0.1) is 5.92 Å². The summed E-state index contributed by atoms with van der Waals surface area (Å²) >= 11 is 0. The number of amides is 1. The summed E-state index contributed by atoms with van der Waals surface area (Å²) in [5.74, 6) is 8.47. The van der Waals surface area contributed by atoms with E-state index in [1.165, 1.54) is 16.7 Å². The number of nitrogens with zero attached hydrogens (tertiary/aromatic N) is 1. The molecule has 17 atom stereocenters. The SMILES string of the molecule is CC#C[C@]1(O)CC[C@H]2C34CC3CC3=CC(=O)CCC3=C4[C@@H](c3ccc(N(C)CCCC(=O)N[C@H]4CCC5(C)C(C4)C[C@@H](O)C4C5C[C@H](O)[C@@]5(C)C4CC[C@@H]5C(C)CCC(=O)O)cc3)CC21C. The van der Waals surface area contributed by atoms with Gasteiger partial charge in [0, 0.05) is 55.9 Å². The standard InChI is InChI=1S/C57H78N2O7/c1-7-22-56(66)24-21-47-54(56,4)32-42(52-41-16-15-40(60)27-35(41)26-37-31-57(37,47)52)34-11-13-39(14-12-34)59(6)25-8-9-49(63)58-38-20-23-53(3)36(28-38)29-46(61)51-44-18-17-43(33(2)10-19-50(64)65)55(44,5)48(62)30-45(51)53/h11-14,27,33,36-38,42-48,51,61-62,66H,8-10,15-21,23-26,28-32H2,1-6H3,(H,58,63)(H,64,65)/t33?,36?,37?,38-,42+,43+,44?,45?,46+,47+,48-,51?,53?,54?,55+,56-,57?/m0/s1. The molecule has 1 amide bonds. The van der Waals surface area contributed by atoms with Crippen LogP contribution in [-0.2, 0) is 14.4 Å². The van der Waals surface area contributed by atoms with E-state index in [9.17, 15) is 34.8 Å². The van der Waals surface area contributed by atoms with Crippen molar-refractivity contribution in [3.05, 3.63) is 52.6 Å². The average Bonchev–Trinajstić information content (AvgIpc) is 3.76. The predicted molar refractivity (Wildman–Crippen MR) is 256 cm³/mol. The van der Waals surface area contributed by atoms with Crippen molar-refractivity contribution in [3.63, 3.8) is 0 Å². The monoisotopic (exact) mass is 903 g/mol. The van der Waals surface area contributed by atoms with Gasteiger partial charge in [0.15, 0.2) is 5.78 Å². The summed E-state index contributed by atoms with van der Waals surface area (Å²) in [7, 11) is 2.10. The van der Waals surface area contributed by atoms with Gasteiger partial charge in [-0.25, -0.2) is 0 Å². The first kappa shape index (κ1) is 46.3. The van der Waals surface area contributed by atoms with Crippen LogP contribution in [0.4, 0.5) is 5.69 Å². The zero-order chi connectivity index (χ0) is 46.7. The molecule has 1 aromatic carbocycles. The van der Waals surface area contributed by atoms with Gasteiger partial charge < -0.3 is 30.6 Å². The zero-order valence-corrected chi connectivity index (χ0v) is 40.7. The number of hydrogen-bond donors (Lipinski definition) is 5. The number of anilines is 1. The van der Waals surface area contributed by atoms with Crippen LogP contribution in [0, 0.1) is 80.8 Å². The molecule has 7 fully saturated rings. The van der Waals surface area contributed by atoms with Crippen LogP contribution in [0.1, 0.15) is 162 Å². The van der Waals surface area contributed by atoms with Crippen molar-refractivity contribution >= 4 is 23.3 Å². The minimum absolute atomic E-state index is 0.00566. The number of allylic oxidation sites excluding steroid dienone is 4. The maximum atomic E-state index is 13.5. The third-order valence-corrected chi connectivity index (χ3v) is 21.6. The molecule has 5 N–H and O–H groups in total. The Kier molecular flexibility index (Phi) is 11.7. The van der Waals surface area contributed by atoms with E-state index in [2.05, 4.69) is 81.1 Å². The Morgan fingerprint density at radius 3 is 2.45 bits per heavy atom. The van der Waals surface area contributed by atoms with Crippen molar-refractivity contribution < 1.29 is 34.8 Å². The van der Waals surface area contributed by atoms with Crippen LogP contribution in [0.3, 0.4) is 0 Å². The number of aliphatic hydroxyl groups excluding tert-OH is 2. The van der Waals surface area contributed by atoms with Crippen molar-refractivity contribution in [1.29, 1.82) is 0 Å². The van der Waals surface area contributed by atoms with E-state index in [0.29, 0.717) is 37.5 Å². The predicted octanol–water partition coefficient (Wildman–Crippen LogP) is 9.14. The molecule has 10 rings (SSSR count). The molecule has 0 aromatic heterocycles. The number of benzene rings is 1. The van der Waals surface area contributed by atoms with E-state index in [4.69, 9.17) is 0 Å². The minimum Gasteiger partial charge on any atom is -0.481 e. The number of rotatable bonds is 11. The van der Waals surface area contributed by atoms with Crippen molar-refractivity contribution in [2.45, 2.75) is 180 Å². The fourth-order valence-electron chi connectivity index (χ4n) is 18.2. The van der Waals surface area contributed by atoms with Gasteiger partial charge in [-0.3, -0.25) is 14.4 Å². The quantitative estimate of drug-likeness (QED) is 0.138. The number of carbonyl (C=O) groups is 3. The van der Waals surface area contributed by atoms with E-state index < -0.39 is 23.8 Å². The summed E-state index contributed by atoms with van der Waals surface area (Å²) in [6, 6.07) is 9.13. The molecule has 1 aromatic rings. The van der Waals surface area contributed by atoms with Crippen LogP contribution in [0.25, 0.3) is 0 Å². The Bertz CT molecular complexity index is 2260. The number of fused-ring (bicyclic) bond motifs is 7. The van der Waals surface area contributed by atoms with Gasteiger partial charge in [0.2, 0.25) is 5.91 Å². The van der Waals surface area contributed by atoms with E-state index in [-0.39, 0.29) is 87.2 Å². The van der Waals surface area contributed by atoms with Crippen LogP contribution in [0.15, 0.2) is 47.1 Å². The van der Waals surface area contributed by atoms with Gasteiger partial charge in [0.1, 0.15) is 5.60 Å². The molecule has 1 spiro atoms. The van der Waals surface area contributed by atoms with Crippen LogP contribution in [-0.4, -0.2) is 75.5 Å². The number of aliphatic hydroxyl groups is 3. The maximum absolute atomic E-state index is 13.5. The minimum atomic E-state index is -0.997. The lowest BCUT2D eigenvalue weighted by atomic mass is 9.43. The fourth-order valence-corrected chi connectivity index (χ4v) is 18.2. The van der Waals surface area contributed by atoms with Gasteiger partial charge >= 0.3 is 5.97 Å². The van der Waals surface area contributed by atoms with Crippen molar-refractivity contribution in [3.8, 4) is 11.8 Å². The van der Waals surface area contributed by atoms with Gasteiger partial charge in [-0.2, -0.15) is 0 Å². The van der Waals surface area contributed by atoms with E-state index in [1.54, 1.807) is 5.57 Å². The molecule has 358 valence electrons. The Balaban J connectivity index is 0.760. The van der Waals surface area contributed by atoms with Crippen molar-refractivity contribution in [2.24, 2.45) is 69.0 Å². The van der Waals surface area contributed by atoms with Crippen molar-refractivity contribution in [2.75, 3.05) is 18.5 Å². The first-order valence-corrected chi connectivity index (χ1v) is 26.2. The number of carbonyl (C=O) groups excluding carboxylic acids is 2. The highest BCUT2D eigenvalue weighted by Gasteiger charge is 2.75. The molecule has 0 bridgehead atoms. The Hall–Kier alpha value is -3.45. The lowest BCUT2D eigenvalue weighted by molar-refractivity contribution is -0.202. The number of nitrogens with one attached hydrogen (secondary N) is 1. The van der Waals surface area contributed by atoms with Crippen molar-refractivity contribution in [1.82, 2.24) is 5.32 Å². The smallest absolute Gasteiger partial charge is 0.303 e. The molecular weight excluding hydrogens is 825 g/mol. The number of carboxylic acids is 1. The zero-order valence-electron chi connectivity index (χ0n) is 40.7. The van der Waals surface area contributed by atoms with Crippen LogP contribution < -0.4 is 10.2 Å². The second kappa shape index (κ2) is 16.6. The fraction of sp³-hybridized carbons (Fsp3) is 0.737. The summed E-state index contributed by atoms with van der Waals surface area (Å²) in [5, 5.41) is 48.9. The molecule has 0 heterocycles. The third kappa shape index (κ3) is 7.05. The topological polar surface area (TPSA) is 147 Å². The molecule has 9 aliphatic rings. The largest absolute Gasteiger partial charge is 0.481 e. The van der Waals surface area contributed by atoms with Gasteiger partial charge in [0.25, 0.3) is 0 Å². The maximum Gasteiger partial charge on any atom is 0.303 e. The highest BCUT2D eigenvalue weighted by Crippen LogP contribution is 2.81. The van der Waals surface area contributed by atoms with Gasteiger partial charge in [-0.05, 0) is 202 Å². The second-order valence-corrected chi connectivity index (χ2v) is 24.3. The number of aliphatic carboxylic acids is 1. The molecule has 7 saturated carbocycles. The molecule has 0 radical (unpaired) electrons. The molecule has 0 saturated heterocycles. The summed E-state index contributed by atoms with van der Waals surface area (Å²) < 4.78 is 0. The van der Waals surface area contributed by atoms with E-state index in [0.717, 1.165) is 95.7 Å². The summed E-state index contributed by atoms with van der Waals surface area (Å²) in [6.45, 7) is 11.7. The summed E-state index contributed by atoms with van der Waals surface area (Å²) in [6.07, 6.45) is 15.3. The molecule has 66 heavy (non-hydrogen) atoms. The number of ketones is 1. The molecule has 9 nitrogen and oxygen atoms in total. The van der Waals surface area contributed by atoms with E-state index >= 15 is 0 Å². The van der Waals surface area contributed by atoms with Crippen LogP contribution in [0.2, 0.25) is 0 Å². The van der Waals surface area contributed by atoms with E-state index in [1.807, 2.05) is 13.0 Å². The molecule has 9 heteroatoms. The highest BCUT2D eigenvalue weighted by molar-refractivity contribution is 5.93.